The molecule has 1 fully saturated rings. The van der Waals surface area contributed by atoms with Crippen molar-refractivity contribution in [3.8, 4) is 0 Å². The van der Waals surface area contributed by atoms with E-state index in [0.717, 1.165) is 30.0 Å². The number of carbonyl (C=O) groups is 1. The van der Waals surface area contributed by atoms with Gasteiger partial charge in [-0.15, -0.1) is 29.9 Å². The molecule has 3 rings (SSSR count). The van der Waals surface area contributed by atoms with Crippen LogP contribution in [0.3, 0.4) is 0 Å². The van der Waals surface area contributed by atoms with E-state index in [-0.39, 0.29) is 36.9 Å². The van der Waals surface area contributed by atoms with Crippen molar-refractivity contribution < 1.29 is 40.6 Å². The first kappa shape index (κ1) is 23.1. The molecule has 0 aliphatic carbocycles. The van der Waals surface area contributed by atoms with Crippen LogP contribution in [0, 0.1) is 43.6 Å². The van der Waals surface area contributed by atoms with E-state index in [9.17, 15) is 4.79 Å². The minimum atomic E-state index is 0. The number of carbonyl (C=O) groups excluding carboxylic acids is 1. The molecule has 27 heavy (non-hydrogen) atoms. The molecule has 1 aliphatic heterocycles. The number of anilines is 1. The molecule has 2 aromatic rings. The molecule has 0 atom stereocenters. The zero-order chi connectivity index (χ0) is 18.9. The zero-order valence-electron chi connectivity index (χ0n) is 16.1. The van der Waals surface area contributed by atoms with E-state index in [2.05, 4.69) is 34.1 Å². The Morgan fingerprint density at radius 3 is 2.56 bits per heavy atom. The van der Waals surface area contributed by atoms with Crippen LogP contribution in [0.5, 0.6) is 0 Å². The molecule has 0 saturated carbocycles. The summed E-state index contributed by atoms with van der Waals surface area (Å²) in [4.78, 5) is 17.3. The van der Waals surface area contributed by atoms with Crippen molar-refractivity contribution in [1.82, 2.24) is 10.1 Å². The van der Waals surface area contributed by atoms with Gasteiger partial charge in [-0.3, -0.25) is 17.3 Å². The van der Waals surface area contributed by atoms with E-state index in [1.165, 1.54) is 0 Å². The average Bonchev–Trinajstić information content (AvgIpc) is 3.01. The topological polar surface area (TPSA) is 52.9 Å². The summed E-state index contributed by atoms with van der Waals surface area (Å²) in [5.41, 5.74) is 2.92. The summed E-state index contributed by atoms with van der Waals surface area (Å²) in [6.45, 7) is 9.03. The number of hydrogen-bond acceptors (Lipinski definition) is 3. The number of ketones is 1. The maximum Gasteiger partial charge on any atom is 2.00 e. The SMILES string of the molecule is C=[C-]/C=C(\C=C/C)c1c[nH][n+](C)c1.CC(=O)c1ccc(N2C[CH-]C2)nc1.[U+2]. The summed E-state index contributed by atoms with van der Waals surface area (Å²) >= 11 is 0. The van der Waals surface area contributed by atoms with Gasteiger partial charge in [0, 0.05) is 11.8 Å². The van der Waals surface area contributed by atoms with E-state index < -0.39 is 0 Å². The molecular weight excluding hydrogens is 562 g/mol. The molecule has 0 amide bonds. The van der Waals surface area contributed by atoms with Gasteiger partial charge in [-0.2, -0.15) is 17.3 Å². The summed E-state index contributed by atoms with van der Waals surface area (Å²) in [7, 11) is 1.95. The number of pyridine rings is 1. The molecule has 1 saturated heterocycles. The van der Waals surface area contributed by atoms with Crippen molar-refractivity contribution in [2.75, 3.05) is 18.0 Å². The van der Waals surface area contributed by atoms with Gasteiger partial charge in [0.1, 0.15) is 5.82 Å². The first-order valence-corrected chi connectivity index (χ1v) is 8.48. The summed E-state index contributed by atoms with van der Waals surface area (Å²) in [6, 6.07) is 3.72. The molecule has 5 nitrogen and oxygen atoms in total. The van der Waals surface area contributed by atoms with Gasteiger partial charge in [-0.1, -0.05) is 0 Å². The summed E-state index contributed by atoms with van der Waals surface area (Å²) in [6.07, 6.45) is 16.4. The van der Waals surface area contributed by atoms with Gasteiger partial charge >= 0.3 is 31.1 Å². The minimum Gasteiger partial charge on any atom is -0.416 e. The van der Waals surface area contributed by atoms with E-state index >= 15 is 0 Å². The molecule has 0 unspecified atom stereocenters. The van der Waals surface area contributed by atoms with Gasteiger partial charge in [-0.25, -0.2) is 11.1 Å². The van der Waals surface area contributed by atoms with Gasteiger partial charge in [-0.05, 0) is 31.5 Å². The summed E-state index contributed by atoms with van der Waals surface area (Å²) in [5.74, 6) is 1.02. The van der Waals surface area contributed by atoms with Crippen LogP contribution < -0.4 is 9.58 Å². The minimum absolute atomic E-state index is 0. The standard InChI is InChI=1S/C11H13N2.C10H11N2O.U/c1-4-6-10(7-5-2)11-8-12-13(3)9-11;1-8(13)9-3-4-10(11-7-9)12-5-2-6-12;/h5-9H,1H2,2-3H3;2-4,7H,5-6H2,1H3;/q2*-1;+2/p+1/b7-5-,10-6+;;. The van der Waals surface area contributed by atoms with E-state index in [0.29, 0.717) is 5.56 Å². The third-order valence-electron chi connectivity index (χ3n) is 3.87. The van der Waals surface area contributed by atoms with Gasteiger partial charge in [0.25, 0.3) is 0 Å². The second-order valence-electron chi connectivity index (χ2n) is 5.93. The molecular formula is C21H25N4OU+. The van der Waals surface area contributed by atoms with Crippen LogP contribution in [0.25, 0.3) is 5.57 Å². The Balaban J connectivity index is 0.000000260. The summed E-state index contributed by atoms with van der Waals surface area (Å²) in [5, 5.41) is 3.06. The number of nitrogens with zero attached hydrogens (tertiary/aromatic N) is 3. The van der Waals surface area contributed by atoms with Crippen molar-refractivity contribution in [3.05, 3.63) is 79.2 Å². The fourth-order valence-electron chi connectivity index (χ4n) is 2.36. The Morgan fingerprint density at radius 1 is 1.41 bits per heavy atom. The van der Waals surface area contributed by atoms with Crippen LogP contribution in [-0.2, 0) is 7.05 Å². The van der Waals surface area contributed by atoms with Crippen LogP contribution in [0.2, 0.25) is 0 Å². The van der Waals surface area contributed by atoms with E-state index in [1.807, 2.05) is 61.4 Å². The molecule has 0 spiro atoms. The van der Waals surface area contributed by atoms with Gasteiger partial charge in [0.2, 0.25) is 0 Å². The van der Waals surface area contributed by atoms with E-state index in [4.69, 9.17) is 0 Å². The van der Waals surface area contributed by atoms with Gasteiger partial charge < -0.3 is 4.90 Å². The normalized spacial score (nSPS) is 13.3. The largest absolute Gasteiger partial charge is 2.00 e. The number of nitrogens with one attached hydrogen (secondary N) is 1. The van der Waals surface area contributed by atoms with Crippen LogP contribution in [0.1, 0.15) is 29.8 Å². The zero-order valence-corrected chi connectivity index (χ0v) is 20.2. The molecule has 2 aromatic heterocycles. The number of hydrogen-bond donors (Lipinski definition) is 1. The first-order valence-electron chi connectivity index (χ1n) is 8.48. The third kappa shape index (κ3) is 6.97. The molecule has 6 heteroatoms. The van der Waals surface area contributed by atoms with Crippen LogP contribution >= 0.6 is 0 Å². The van der Waals surface area contributed by atoms with Crippen LogP contribution in [0.4, 0.5) is 5.82 Å². The monoisotopic (exact) mass is 587 g/mol. The average molecular weight is 587 g/mol. The molecule has 3 heterocycles. The number of aromatic nitrogens is 3. The molecule has 0 radical (unpaired) electrons. The fourth-order valence-corrected chi connectivity index (χ4v) is 2.36. The van der Waals surface area contributed by atoms with Crippen molar-refractivity contribution >= 4 is 17.2 Å². The Morgan fingerprint density at radius 2 is 2.15 bits per heavy atom. The maximum atomic E-state index is 11.0. The predicted octanol–water partition coefficient (Wildman–Crippen LogP) is 3.10. The first-order chi connectivity index (χ1) is 12.5. The smallest absolute Gasteiger partial charge is 0.416 e. The third-order valence-corrected chi connectivity index (χ3v) is 3.87. The summed E-state index contributed by atoms with van der Waals surface area (Å²) < 4.78 is 1.90. The number of H-pyrrole nitrogens is 1. The van der Waals surface area contributed by atoms with Crippen LogP contribution in [0.15, 0.2) is 55.5 Å². The van der Waals surface area contributed by atoms with Crippen molar-refractivity contribution in [2.24, 2.45) is 7.05 Å². The van der Waals surface area contributed by atoms with Crippen LogP contribution in [-0.4, -0.2) is 29.0 Å². The van der Waals surface area contributed by atoms with Gasteiger partial charge in [0.05, 0.1) is 6.20 Å². The van der Waals surface area contributed by atoms with Crippen molar-refractivity contribution in [1.29, 1.82) is 0 Å². The predicted molar refractivity (Wildman–Crippen MR) is 104 cm³/mol. The Bertz CT molecular complexity index is 802. The Labute approximate surface area is 185 Å². The van der Waals surface area contributed by atoms with Crippen molar-refractivity contribution in [3.63, 3.8) is 0 Å². The molecule has 1 N–H and O–H groups in total. The number of allylic oxidation sites excluding steroid dienone is 5. The Kier molecular flexibility index (Phi) is 10.1. The number of aryl methyl sites for hydroxylation is 1. The quantitative estimate of drug-likeness (QED) is 0.253. The fraction of sp³-hybridized carbons (Fsp3) is 0.238. The number of Topliss-reactive ketones (excluding diaryl/α,β-unsaturated/α-hetero) is 1. The van der Waals surface area contributed by atoms with E-state index in [1.54, 1.807) is 13.1 Å². The second kappa shape index (κ2) is 11.7. The molecule has 1 aliphatic rings. The maximum absolute atomic E-state index is 11.0. The van der Waals surface area contributed by atoms with Crippen molar-refractivity contribution in [2.45, 2.75) is 13.8 Å². The Hall–Kier alpha value is -1.90. The molecule has 0 aromatic carbocycles. The molecule has 0 bridgehead atoms. The molecule has 138 valence electrons. The number of rotatable bonds is 5. The number of aromatic amines is 1. The van der Waals surface area contributed by atoms with Gasteiger partial charge in [0.15, 0.2) is 19.0 Å². The second-order valence-corrected chi connectivity index (χ2v) is 5.93.